The number of benzene rings is 1. The Bertz CT molecular complexity index is 1650. The van der Waals surface area contributed by atoms with E-state index in [0.717, 1.165) is 17.8 Å². The van der Waals surface area contributed by atoms with Crippen molar-refractivity contribution >= 4 is 46.1 Å². The number of fused-ring (bicyclic) bond motifs is 5. The van der Waals surface area contributed by atoms with Crippen molar-refractivity contribution in [3.8, 4) is 0 Å². The quantitative estimate of drug-likeness (QED) is 0.299. The van der Waals surface area contributed by atoms with E-state index in [1.165, 1.54) is 31.2 Å². The van der Waals surface area contributed by atoms with Crippen LogP contribution in [-0.4, -0.2) is 69.1 Å². The van der Waals surface area contributed by atoms with Crippen molar-refractivity contribution in [2.75, 3.05) is 11.1 Å². The molecule has 1 aromatic carbocycles. The van der Waals surface area contributed by atoms with Crippen LogP contribution in [0.5, 0.6) is 0 Å². The molecule has 2 amide bonds. The summed E-state index contributed by atoms with van der Waals surface area (Å²) < 4.78 is 40.1. The van der Waals surface area contributed by atoms with E-state index in [0.29, 0.717) is 17.0 Å². The number of halogens is 2. The number of hydrogen-bond donors (Lipinski definition) is 3. The summed E-state index contributed by atoms with van der Waals surface area (Å²) in [5.41, 5.74) is -6.00. The summed E-state index contributed by atoms with van der Waals surface area (Å²) in [5.74, 6) is -4.01. The van der Waals surface area contributed by atoms with E-state index in [-0.39, 0.29) is 42.7 Å². The standard InChI is InChI=1S/C37H46F2N2O7S/c1-8-30(44)40-21(5)31(45)41-28-15-22(11-10-19(28)3)32(46)48-37(33(47)49-9-2)20(4)14-24-25-17-27(38)26-16-23(42)12-13-34(26,6)36(25,39)29(43)18-35(24,37)7/h10-13,15-16,20-21,24-25,27,29,43H,8-9,14,17-18H2,1-7H3,(H,40,44)(H,41,45)/t20-,21+,24+,25+,27+,29+,34+,35+,36+,37+/m1/s1. The summed E-state index contributed by atoms with van der Waals surface area (Å²) >= 11 is 0.979. The first-order valence-corrected chi connectivity index (χ1v) is 18.0. The molecular formula is C37H46F2N2O7S. The van der Waals surface area contributed by atoms with Gasteiger partial charge in [0.15, 0.2) is 17.1 Å². The van der Waals surface area contributed by atoms with Gasteiger partial charge in [0, 0.05) is 34.8 Å². The average molecular weight is 701 g/mol. The lowest BCUT2D eigenvalue weighted by molar-refractivity contribution is -0.221. The molecule has 0 aliphatic heterocycles. The number of aliphatic hydroxyl groups is 1. The highest BCUT2D eigenvalue weighted by molar-refractivity contribution is 8.13. The summed E-state index contributed by atoms with van der Waals surface area (Å²) in [5, 5.41) is 16.7. The molecule has 0 radical (unpaired) electrons. The molecule has 5 rings (SSSR count). The lowest BCUT2D eigenvalue weighted by Crippen LogP contribution is -2.70. The smallest absolute Gasteiger partial charge is 0.339 e. The Morgan fingerprint density at radius 3 is 2.49 bits per heavy atom. The van der Waals surface area contributed by atoms with Crippen LogP contribution in [0.2, 0.25) is 0 Å². The molecule has 0 saturated heterocycles. The Balaban J connectivity index is 1.52. The van der Waals surface area contributed by atoms with Gasteiger partial charge >= 0.3 is 5.97 Å². The van der Waals surface area contributed by atoms with Crippen molar-refractivity contribution in [1.29, 1.82) is 0 Å². The molecule has 0 aromatic heterocycles. The van der Waals surface area contributed by atoms with Crippen molar-refractivity contribution < 1.29 is 42.6 Å². The Morgan fingerprint density at radius 1 is 1.14 bits per heavy atom. The van der Waals surface area contributed by atoms with E-state index in [9.17, 15) is 29.1 Å². The average Bonchev–Trinajstić information content (AvgIpc) is 3.26. The first-order chi connectivity index (χ1) is 22.9. The number of aryl methyl sites for hydroxylation is 1. The molecule has 10 atom stereocenters. The number of ether oxygens (including phenoxy) is 1. The van der Waals surface area contributed by atoms with Gasteiger partial charge in [-0.15, -0.1) is 0 Å². The summed E-state index contributed by atoms with van der Waals surface area (Å²) in [4.78, 5) is 65.2. The first kappa shape index (κ1) is 36.9. The Morgan fingerprint density at radius 2 is 1.84 bits per heavy atom. The van der Waals surface area contributed by atoms with Crippen molar-refractivity contribution in [1.82, 2.24) is 5.32 Å². The summed E-state index contributed by atoms with van der Waals surface area (Å²) in [7, 11) is 0. The maximum Gasteiger partial charge on any atom is 0.339 e. The van der Waals surface area contributed by atoms with Crippen molar-refractivity contribution in [3.63, 3.8) is 0 Å². The van der Waals surface area contributed by atoms with E-state index in [2.05, 4.69) is 10.6 Å². The molecule has 266 valence electrons. The summed E-state index contributed by atoms with van der Waals surface area (Å²) in [6, 6.07) is 3.74. The van der Waals surface area contributed by atoms with Crippen LogP contribution in [0, 0.1) is 35.5 Å². The van der Waals surface area contributed by atoms with Gasteiger partial charge < -0.3 is 20.5 Å². The number of amides is 2. The maximum absolute atomic E-state index is 17.8. The molecule has 0 heterocycles. The number of anilines is 1. The molecule has 3 saturated carbocycles. The van der Waals surface area contributed by atoms with E-state index >= 15 is 8.78 Å². The summed E-state index contributed by atoms with van der Waals surface area (Å²) in [6.07, 6.45) is 0.318. The number of aliphatic hydroxyl groups excluding tert-OH is 1. The lowest BCUT2D eigenvalue weighted by Gasteiger charge is -2.63. The third-order valence-corrected chi connectivity index (χ3v) is 12.7. The fourth-order valence-corrected chi connectivity index (χ4v) is 10.1. The zero-order valence-corrected chi connectivity index (χ0v) is 29.8. The molecule has 49 heavy (non-hydrogen) atoms. The molecule has 0 spiro atoms. The zero-order valence-electron chi connectivity index (χ0n) is 29.0. The molecule has 0 bridgehead atoms. The molecule has 3 N–H and O–H groups in total. The summed E-state index contributed by atoms with van der Waals surface area (Å²) in [6.45, 7) is 11.8. The number of alkyl halides is 2. The lowest BCUT2D eigenvalue weighted by atomic mass is 9.44. The molecule has 12 heteroatoms. The zero-order chi connectivity index (χ0) is 36.3. The van der Waals surface area contributed by atoms with Crippen LogP contribution in [0.25, 0.3) is 0 Å². The molecule has 0 unspecified atom stereocenters. The highest BCUT2D eigenvalue weighted by atomic mass is 32.2. The van der Waals surface area contributed by atoms with Crippen LogP contribution in [0.3, 0.4) is 0 Å². The van der Waals surface area contributed by atoms with Crippen LogP contribution in [0.4, 0.5) is 14.5 Å². The minimum atomic E-state index is -2.35. The number of thioether (sulfide) groups is 1. The minimum Gasteiger partial charge on any atom is -0.446 e. The molecule has 4 aliphatic rings. The number of rotatable bonds is 8. The van der Waals surface area contributed by atoms with Gasteiger partial charge in [0.2, 0.25) is 16.9 Å². The predicted molar refractivity (Wildman–Crippen MR) is 182 cm³/mol. The predicted octanol–water partition coefficient (Wildman–Crippen LogP) is 5.59. The number of allylic oxidation sites excluding steroid dienone is 4. The normalized spacial score (nSPS) is 36.8. The second-order valence-electron chi connectivity index (χ2n) is 14.5. The van der Waals surface area contributed by atoms with E-state index in [1.807, 2.05) is 0 Å². The SMILES string of the molecule is CCSC(=O)[C@@]1(OC(=O)c2ccc(C)c(NC(=O)[C@H](C)NC(=O)CC)c2)[C@H](C)C[C@H]2[C@@H]3C[C@H](F)C4=CC(=O)C=C[C@]4(C)[C@@]3(F)[C@@H](O)C[C@@]21C. The van der Waals surface area contributed by atoms with Gasteiger partial charge in [-0.2, -0.15) is 0 Å². The third kappa shape index (κ3) is 5.57. The third-order valence-electron chi connectivity index (χ3n) is 11.8. The van der Waals surface area contributed by atoms with Gasteiger partial charge in [-0.3, -0.25) is 19.2 Å². The van der Waals surface area contributed by atoms with Gasteiger partial charge in [-0.25, -0.2) is 13.6 Å². The van der Waals surface area contributed by atoms with Crippen molar-refractivity contribution in [2.45, 2.75) is 104 Å². The Kier molecular flexibility index (Phi) is 9.83. The number of ketones is 1. The second-order valence-corrected chi connectivity index (χ2v) is 15.7. The second kappa shape index (κ2) is 13.1. The van der Waals surface area contributed by atoms with Gasteiger partial charge in [0.25, 0.3) is 0 Å². The number of nitrogens with one attached hydrogen (secondary N) is 2. The number of hydrogen-bond acceptors (Lipinski definition) is 8. The fourth-order valence-electron chi connectivity index (χ4n) is 9.19. The highest BCUT2D eigenvalue weighted by Gasteiger charge is 2.78. The van der Waals surface area contributed by atoms with Crippen LogP contribution in [-0.2, 0) is 23.9 Å². The topological polar surface area (TPSA) is 139 Å². The van der Waals surface area contributed by atoms with Gasteiger partial charge in [-0.05, 0) is 87.1 Å². The van der Waals surface area contributed by atoms with Crippen LogP contribution in [0.15, 0.2) is 42.0 Å². The molecular weight excluding hydrogens is 654 g/mol. The van der Waals surface area contributed by atoms with E-state index in [1.54, 1.807) is 47.6 Å². The van der Waals surface area contributed by atoms with Crippen LogP contribution < -0.4 is 10.6 Å². The van der Waals surface area contributed by atoms with Gasteiger partial charge in [0.05, 0.1) is 11.7 Å². The number of carbonyl (C=O) groups excluding carboxylic acids is 5. The highest BCUT2D eigenvalue weighted by Crippen LogP contribution is 2.72. The molecule has 1 aromatic rings. The Hall–Kier alpha value is -3.38. The fraction of sp³-hybridized carbons (Fsp3) is 0.595. The van der Waals surface area contributed by atoms with E-state index < -0.39 is 80.9 Å². The van der Waals surface area contributed by atoms with E-state index in [4.69, 9.17) is 4.74 Å². The molecule has 9 nitrogen and oxygen atoms in total. The first-order valence-electron chi connectivity index (χ1n) is 17.0. The van der Waals surface area contributed by atoms with Crippen molar-refractivity contribution in [2.24, 2.45) is 28.6 Å². The van der Waals surface area contributed by atoms with Crippen molar-refractivity contribution in [3.05, 3.63) is 53.1 Å². The van der Waals surface area contributed by atoms with Gasteiger partial charge in [0.1, 0.15) is 12.2 Å². The monoisotopic (exact) mass is 700 g/mol. The molecule has 3 fully saturated rings. The minimum absolute atomic E-state index is 0.00663. The largest absolute Gasteiger partial charge is 0.446 e. The number of carbonyl (C=O) groups is 5. The van der Waals surface area contributed by atoms with Crippen LogP contribution in [0.1, 0.15) is 83.1 Å². The van der Waals surface area contributed by atoms with Gasteiger partial charge in [-0.1, -0.05) is 51.6 Å². The van der Waals surface area contributed by atoms with Crippen LogP contribution >= 0.6 is 11.8 Å². The Labute approximate surface area is 290 Å². The maximum atomic E-state index is 17.8. The molecule has 4 aliphatic carbocycles. The number of esters is 1.